The Labute approximate surface area is 97.3 Å². The SMILES string of the molecule is CCOC(=O)Cc1c(F)ccc(C)c1[N+](=O)[O-]. The fraction of sp³-hybridized carbons (Fsp3) is 0.364. The molecule has 0 bridgehead atoms. The number of rotatable bonds is 4. The van der Waals surface area contributed by atoms with Gasteiger partial charge in [0, 0.05) is 5.56 Å². The van der Waals surface area contributed by atoms with Crippen molar-refractivity contribution in [1.82, 2.24) is 0 Å². The highest BCUT2D eigenvalue weighted by atomic mass is 19.1. The molecule has 0 spiro atoms. The van der Waals surface area contributed by atoms with Gasteiger partial charge in [-0.15, -0.1) is 0 Å². The monoisotopic (exact) mass is 241 g/mol. The Morgan fingerprint density at radius 3 is 2.71 bits per heavy atom. The van der Waals surface area contributed by atoms with Gasteiger partial charge < -0.3 is 4.74 Å². The number of carbonyl (C=O) groups is 1. The van der Waals surface area contributed by atoms with Crippen LogP contribution in [0.3, 0.4) is 0 Å². The van der Waals surface area contributed by atoms with Gasteiger partial charge in [-0.2, -0.15) is 0 Å². The van der Waals surface area contributed by atoms with Crippen LogP contribution in [0.15, 0.2) is 12.1 Å². The maximum atomic E-state index is 13.5. The maximum Gasteiger partial charge on any atom is 0.310 e. The molecule has 0 amide bonds. The standard InChI is InChI=1S/C11H12FNO4/c1-3-17-10(14)6-8-9(12)5-4-7(2)11(8)13(15)16/h4-5H,3,6H2,1-2H3. The van der Waals surface area contributed by atoms with Crippen molar-refractivity contribution < 1.29 is 18.8 Å². The van der Waals surface area contributed by atoms with Gasteiger partial charge in [-0.25, -0.2) is 4.39 Å². The smallest absolute Gasteiger partial charge is 0.310 e. The van der Waals surface area contributed by atoms with E-state index in [1.54, 1.807) is 6.92 Å². The number of halogens is 1. The van der Waals surface area contributed by atoms with Crippen LogP contribution in [-0.4, -0.2) is 17.5 Å². The first-order valence-corrected chi connectivity index (χ1v) is 5.05. The molecule has 0 N–H and O–H groups in total. The van der Waals surface area contributed by atoms with Gasteiger partial charge in [0.25, 0.3) is 5.69 Å². The molecule has 5 nitrogen and oxygen atoms in total. The average Bonchev–Trinajstić information content (AvgIpc) is 2.23. The topological polar surface area (TPSA) is 69.4 Å². The van der Waals surface area contributed by atoms with Gasteiger partial charge in [-0.1, -0.05) is 0 Å². The number of ether oxygens (including phenoxy) is 1. The molecule has 0 saturated carbocycles. The predicted molar refractivity (Wildman–Crippen MR) is 58.1 cm³/mol. The van der Waals surface area contributed by atoms with Gasteiger partial charge in [0.1, 0.15) is 5.82 Å². The zero-order valence-electron chi connectivity index (χ0n) is 9.53. The number of hydrogen-bond donors (Lipinski definition) is 0. The van der Waals surface area contributed by atoms with Crippen molar-refractivity contribution in [1.29, 1.82) is 0 Å². The lowest BCUT2D eigenvalue weighted by molar-refractivity contribution is -0.386. The van der Waals surface area contributed by atoms with Crippen molar-refractivity contribution in [2.45, 2.75) is 20.3 Å². The molecule has 0 unspecified atom stereocenters. The van der Waals surface area contributed by atoms with Crippen molar-refractivity contribution in [3.05, 3.63) is 39.2 Å². The first kappa shape index (κ1) is 13.1. The molecule has 0 saturated heterocycles. The average molecular weight is 241 g/mol. The highest BCUT2D eigenvalue weighted by molar-refractivity contribution is 5.74. The summed E-state index contributed by atoms with van der Waals surface area (Å²) in [4.78, 5) is 21.4. The largest absolute Gasteiger partial charge is 0.466 e. The van der Waals surface area contributed by atoms with E-state index in [0.29, 0.717) is 5.56 Å². The van der Waals surface area contributed by atoms with Gasteiger partial charge in [0.15, 0.2) is 0 Å². The number of benzene rings is 1. The van der Waals surface area contributed by atoms with Gasteiger partial charge in [-0.05, 0) is 26.0 Å². The minimum absolute atomic E-state index is 0.153. The number of carbonyl (C=O) groups excluding carboxylic acids is 1. The molecule has 0 aliphatic carbocycles. The molecule has 1 rings (SSSR count). The second-order valence-corrected chi connectivity index (χ2v) is 3.43. The van der Waals surface area contributed by atoms with Crippen LogP contribution in [0, 0.1) is 22.9 Å². The molecule has 92 valence electrons. The predicted octanol–water partition coefficient (Wildman–Crippen LogP) is 2.15. The highest BCUT2D eigenvalue weighted by Gasteiger charge is 2.23. The Morgan fingerprint density at radius 2 is 2.18 bits per heavy atom. The number of nitro benzene ring substituents is 1. The van der Waals surface area contributed by atoms with Crippen LogP contribution in [0.2, 0.25) is 0 Å². The van der Waals surface area contributed by atoms with Crippen molar-refractivity contribution in [3.8, 4) is 0 Å². The zero-order chi connectivity index (χ0) is 13.0. The van der Waals surface area contributed by atoms with E-state index in [0.717, 1.165) is 6.07 Å². The molecule has 0 heterocycles. The lowest BCUT2D eigenvalue weighted by Gasteiger charge is -2.06. The van der Waals surface area contributed by atoms with Gasteiger partial charge in [0.2, 0.25) is 0 Å². The molecular weight excluding hydrogens is 229 g/mol. The molecular formula is C11H12FNO4. The van der Waals surface area contributed by atoms with Crippen LogP contribution in [0.4, 0.5) is 10.1 Å². The van der Waals surface area contributed by atoms with Crippen molar-refractivity contribution >= 4 is 11.7 Å². The van der Waals surface area contributed by atoms with E-state index in [4.69, 9.17) is 0 Å². The van der Waals surface area contributed by atoms with Crippen LogP contribution >= 0.6 is 0 Å². The number of aryl methyl sites for hydroxylation is 1. The third-order valence-electron chi connectivity index (χ3n) is 2.24. The molecule has 0 radical (unpaired) electrons. The molecule has 0 aliphatic heterocycles. The first-order chi connectivity index (χ1) is 7.97. The first-order valence-electron chi connectivity index (χ1n) is 5.05. The van der Waals surface area contributed by atoms with Crippen molar-refractivity contribution in [3.63, 3.8) is 0 Å². The van der Waals surface area contributed by atoms with Crippen molar-refractivity contribution in [2.24, 2.45) is 0 Å². The van der Waals surface area contributed by atoms with Crippen LogP contribution < -0.4 is 0 Å². The molecule has 1 aromatic rings. The summed E-state index contributed by atoms with van der Waals surface area (Å²) in [5, 5.41) is 10.8. The molecule has 0 aliphatic rings. The second kappa shape index (κ2) is 5.38. The highest BCUT2D eigenvalue weighted by Crippen LogP contribution is 2.26. The fourth-order valence-electron chi connectivity index (χ4n) is 1.51. The van der Waals surface area contributed by atoms with E-state index in [2.05, 4.69) is 4.74 Å². The fourth-order valence-corrected chi connectivity index (χ4v) is 1.51. The van der Waals surface area contributed by atoms with E-state index in [1.807, 2.05) is 0 Å². The molecule has 0 fully saturated rings. The number of nitrogens with zero attached hydrogens (tertiary/aromatic N) is 1. The summed E-state index contributed by atoms with van der Waals surface area (Å²) in [6.45, 7) is 3.26. The van der Waals surface area contributed by atoms with Crippen LogP contribution in [-0.2, 0) is 16.0 Å². The van der Waals surface area contributed by atoms with E-state index < -0.39 is 23.1 Å². The van der Waals surface area contributed by atoms with Crippen LogP contribution in [0.5, 0.6) is 0 Å². The molecule has 0 atom stereocenters. The minimum Gasteiger partial charge on any atom is -0.466 e. The van der Waals surface area contributed by atoms with Gasteiger partial charge in [-0.3, -0.25) is 14.9 Å². The van der Waals surface area contributed by atoms with E-state index in [9.17, 15) is 19.3 Å². The Hall–Kier alpha value is -1.98. The van der Waals surface area contributed by atoms with Crippen molar-refractivity contribution in [2.75, 3.05) is 6.61 Å². The number of esters is 1. The summed E-state index contributed by atoms with van der Waals surface area (Å²) in [6.07, 6.45) is -0.433. The third kappa shape index (κ3) is 2.99. The summed E-state index contributed by atoms with van der Waals surface area (Å²) >= 11 is 0. The Balaban J connectivity index is 3.16. The Morgan fingerprint density at radius 1 is 1.53 bits per heavy atom. The lowest BCUT2D eigenvalue weighted by Crippen LogP contribution is -2.11. The third-order valence-corrected chi connectivity index (χ3v) is 2.24. The van der Waals surface area contributed by atoms with Gasteiger partial charge in [0.05, 0.1) is 23.5 Å². The normalized spacial score (nSPS) is 10.1. The Bertz CT molecular complexity index is 459. The van der Waals surface area contributed by atoms with E-state index in [-0.39, 0.29) is 17.9 Å². The molecule has 17 heavy (non-hydrogen) atoms. The van der Waals surface area contributed by atoms with Gasteiger partial charge >= 0.3 is 5.97 Å². The summed E-state index contributed by atoms with van der Waals surface area (Å²) in [7, 11) is 0. The summed E-state index contributed by atoms with van der Waals surface area (Å²) in [5.74, 6) is -1.45. The number of nitro groups is 1. The van der Waals surface area contributed by atoms with E-state index in [1.165, 1.54) is 13.0 Å². The summed E-state index contributed by atoms with van der Waals surface area (Å²) < 4.78 is 18.1. The molecule has 6 heteroatoms. The van der Waals surface area contributed by atoms with E-state index >= 15 is 0 Å². The van der Waals surface area contributed by atoms with Crippen LogP contribution in [0.1, 0.15) is 18.1 Å². The molecule has 1 aromatic carbocycles. The Kier molecular flexibility index (Phi) is 4.14. The lowest BCUT2D eigenvalue weighted by atomic mass is 10.0. The zero-order valence-corrected chi connectivity index (χ0v) is 9.53. The summed E-state index contributed by atoms with van der Waals surface area (Å²) in [6, 6.07) is 2.42. The maximum absolute atomic E-state index is 13.5. The quantitative estimate of drug-likeness (QED) is 0.460. The van der Waals surface area contributed by atoms with Crippen LogP contribution in [0.25, 0.3) is 0 Å². The number of hydrogen-bond acceptors (Lipinski definition) is 4. The minimum atomic E-state index is -0.768. The second-order valence-electron chi connectivity index (χ2n) is 3.43. The summed E-state index contributed by atoms with van der Waals surface area (Å²) in [5.41, 5.74) is -0.276. The molecule has 0 aromatic heterocycles.